The molecule has 0 aliphatic carbocycles. The van der Waals surface area contributed by atoms with Crippen LogP contribution in [-0.4, -0.2) is 35.7 Å². The van der Waals surface area contributed by atoms with Gasteiger partial charge in [0.25, 0.3) is 0 Å². The van der Waals surface area contributed by atoms with E-state index in [1.54, 1.807) is 6.07 Å². The molecule has 0 saturated heterocycles. The highest BCUT2D eigenvalue weighted by Crippen LogP contribution is 2.25. The normalized spacial score (nSPS) is 12.8. The number of imidazole rings is 1. The minimum Gasteiger partial charge on any atom is -0.353 e. The van der Waals surface area contributed by atoms with E-state index in [1.165, 1.54) is 29.5 Å². The lowest BCUT2D eigenvalue weighted by molar-refractivity contribution is -0.119. The highest BCUT2D eigenvalue weighted by Gasteiger charge is 2.16. The smallest absolute Gasteiger partial charge is 0.238 e. The Bertz CT molecular complexity index is 1130. The summed E-state index contributed by atoms with van der Waals surface area (Å²) < 4.78 is 25.1. The summed E-state index contributed by atoms with van der Waals surface area (Å²) in [5, 5.41) is 8.91. The molecule has 0 radical (unpaired) electrons. The highest BCUT2D eigenvalue weighted by atomic mass is 32.2. The number of amides is 1. The van der Waals surface area contributed by atoms with Gasteiger partial charge in [0.05, 0.1) is 21.7 Å². The Labute approximate surface area is 181 Å². The van der Waals surface area contributed by atoms with Crippen LogP contribution in [0.5, 0.6) is 0 Å². The van der Waals surface area contributed by atoms with Crippen LogP contribution in [0.2, 0.25) is 0 Å². The van der Waals surface area contributed by atoms with E-state index in [9.17, 15) is 13.2 Å². The van der Waals surface area contributed by atoms with Gasteiger partial charge >= 0.3 is 0 Å². The largest absolute Gasteiger partial charge is 0.353 e. The predicted molar refractivity (Wildman–Crippen MR) is 120 cm³/mol. The summed E-state index contributed by atoms with van der Waals surface area (Å²) in [6, 6.07) is 14.9. The summed E-state index contributed by atoms with van der Waals surface area (Å²) in [6.07, 6.45) is 1.78. The topological polar surface area (TPSA) is 107 Å². The molecule has 0 saturated carbocycles. The zero-order chi connectivity index (χ0) is 21.7. The van der Waals surface area contributed by atoms with Gasteiger partial charge in [-0.2, -0.15) is 0 Å². The van der Waals surface area contributed by atoms with E-state index >= 15 is 0 Å². The van der Waals surface area contributed by atoms with Crippen LogP contribution in [0.3, 0.4) is 0 Å². The molecule has 0 bridgehead atoms. The molecule has 1 amide bonds. The third-order valence-electron chi connectivity index (χ3n) is 4.78. The van der Waals surface area contributed by atoms with Crippen molar-refractivity contribution < 1.29 is 13.2 Å². The van der Waals surface area contributed by atoms with Crippen molar-refractivity contribution in [2.45, 2.75) is 49.3 Å². The van der Waals surface area contributed by atoms with Gasteiger partial charge in [0, 0.05) is 12.6 Å². The van der Waals surface area contributed by atoms with E-state index in [0.29, 0.717) is 17.2 Å². The summed E-state index contributed by atoms with van der Waals surface area (Å²) in [6.45, 7) is 4.63. The lowest BCUT2D eigenvalue weighted by atomic mass is 10.1. The summed E-state index contributed by atoms with van der Waals surface area (Å²) >= 11 is 1.33. The molecule has 30 heavy (non-hydrogen) atoms. The molecule has 160 valence electrons. The fraction of sp³-hybridized carbons (Fsp3) is 0.333. The highest BCUT2D eigenvalue weighted by molar-refractivity contribution is 7.99. The number of aryl methyl sites for hydroxylation is 2. The van der Waals surface area contributed by atoms with Gasteiger partial charge in [-0.1, -0.05) is 42.1 Å². The van der Waals surface area contributed by atoms with E-state index in [-0.39, 0.29) is 22.6 Å². The number of carbonyl (C=O) groups excluding carboxylic acids is 1. The Balaban J connectivity index is 1.61. The molecule has 1 atom stereocenters. The summed E-state index contributed by atoms with van der Waals surface area (Å²) in [5.74, 6) is 0.182. The van der Waals surface area contributed by atoms with Gasteiger partial charge in [0.2, 0.25) is 15.9 Å². The van der Waals surface area contributed by atoms with Crippen LogP contribution in [0.15, 0.2) is 58.6 Å². The number of primary sulfonamides is 1. The zero-order valence-electron chi connectivity index (χ0n) is 17.0. The van der Waals surface area contributed by atoms with Crippen molar-refractivity contribution in [3.63, 3.8) is 0 Å². The average molecular weight is 447 g/mol. The van der Waals surface area contributed by atoms with Crippen LogP contribution >= 0.6 is 11.8 Å². The quantitative estimate of drug-likeness (QED) is 0.492. The molecule has 7 nitrogen and oxygen atoms in total. The van der Waals surface area contributed by atoms with Gasteiger partial charge < -0.3 is 9.88 Å². The Kier molecular flexibility index (Phi) is 7.17. The Morgan fingerprint density at radius 1 is 1.23 bits per heavy atom. The number of fused-ring (bicyclic) bond motifs is 1. The molecule has 2 aromatic carbocycles. The first-order chi connectivity index (χ1) is 14.3. The first kappa shape index (κ1) is 22.3. The summed E-state index contributed by atoms with van der Waals surface area (Å²) in [5.41, 5.74) is 2.61. The maximum absolute atomic E-state index is 12.4. The second kappa shape index (κ2) is 9.63. The maximum atomic E-state index is 12.4. The monoisotopic (exact) mass is 446 g/mol. The number of benzene rings is 2. The van der Waals surface area contributed by atoms with Crippen molar-refractivity contribution in [3.05, 3.63) is 54.1 Å². The first-order valence-electron chi connectivity index (χ1n) is 9.77. The fourth-order valence-corrected chi connectivity index (χ4v) is 4.65. The standard InChI is InChI=1S/C21H26N4O3S2/c1-3-25-19-12-11-17(30(22,27)28)13-18(19)24-21(25)29-14-20(26)23-15(2)9-10-16-7-5-4-6-8-16/h4-8,11-13,15H,3,9-10,14H2,1-2H3,(H,23,26)(H2,22,27,28)/t15-/m1/s1. The number of rotatable bonds is 9. The van der Waals surface area contributed by atoms with Gasteiger partial charge in [0.15, 0.2) is 5.16 Å². The Morgan fingerprint density at radius 3 is 2.63 bits per heavy atom. The van der Waals surface area contributed by atoms with Crippen LogP contribution in [0.4, 0.5) is 0 Å². The van der Waals surface area contributed by atoms with Crippen LogP contribution < -0.4 is 10.5 Å². The van der Waals surface area contributed by atoms with Crippen molar-refractivity contribution in [3.8, 4) is 0 Å². The fourth-order valence-electron chi connectivity index (χ4n) is 3.23. The van der Waals surface area contributed by atoms with Crippen LogP contribution in [0.25, 0.3) is 11.0 Å². The lowest BCUT2D eigenvalue weighted by Gasteiger charge is -2.14. The number of thioether (sulfide) groups is 1. The van der Waals surface area contributed by atoms with Crippen molar-refractivity contribution >= 4 is 38.7 Å². The van der Waals surface area contributed by atoms with Gasteiger partial charge in [-0.15, -0.1) is 0 Å². The van der Waals surface area contributed by atoms with Crippen molar-refractivity contribution in [2.24, 2.45) is 5.14 Å². The number of nitrogens with one attached hydrogen (secondary N) is 1. The third-order valence-corrected chi connectivity index (χ3v) is 6.67. The molecule has 0 spiro atoms. The minimum absolute atomic E-state index is 0.0253. The third kappa shape index (κ3) is 5.62. The van der Waals surface area contributed by atoms with E-state index in [0.717, 1.165) is 18.4 Å². The lowest BCUT2D eigenvalue weighted by Crippen LogP contribution is -2.34. The molecular weight excluding hydrogens is 420 g/mol. The van der Waals surface area contributed by atoms with E-state index < -0.39 is 10.0 Å². The number of sulfonamides is 1. The second-order valence-electron chi connectivity index (χ2n) is 7.12. The average Bonchev–Trinajstić information content (AvgIpc) is 3.07. The van der Waals surface area contributed by atoms with Crippen LogP contribution in [0, 0.1) is 0 Å². The molecule has 1 aromatic heterocycles. The summed E-state index contributed by atoms with van der Waals surface area (Å²) in [4.78, 5) is 16.9. The van der Waals surface area contributed by atoms with Gasteiger partial charge in [0.1, 0.15) is 0 Å². The van der Waals surface area contributed by atoms with Crippen molar-refractivity contribution in [1.29, 1.82) is 0 Å². The zero-order valence-corrected chi connectivity index (χ0v) is 18.7. The van der Waals surface area contributed by atoms with E-state index in [2.05, 4.69) is 22.4 Å². The first-order valence-corrected chi connectivity index (χ1v) is 12.3. The molecule has 3 N–H and O–H groups in total. The second-order valence-corrected chi connectivity index (χ2v) is 9.62. The molecule has 0 aliphatic heterocycles. The molecular formula is C21H26N4O3S2. The maximum Gasteiger partial charge on any atom is 0.238 e. The van der Waals surface area contributed by atoms with E-state index in [1.807, 2.05) is 36.6 Å². The number of aromatic nitrogens is 2. The Morgan fingerprint density at radius 2 is 1.97 bits per heavy atom. The van der Waals surface area contributed by atoms with Crippen molar-refractivity contribution in [2.75, 3.05) is 5.75 Å². The van der Waals surface area contributed by atoms with Gasteiger partial charge in [-0.3, -0.25) is 4.79 Å². The molecule has 3 rings (SSSR count). The van der Waals surface area contributed by atoms with Crippen LogP contribution in [0.1, 0.15) is 25.8 Å². The number of hydrogen-bond donors (Lipinski definition) is 2. The molecule has 0 fully saturated rings. The van der Waals surface area contributed by atoms with E-state index in [4.69, 9.17) is 5.14 Å². The predicted octanol–water partition coefficient (Wildman–Crippen LogP) is 2.93. The SMILES string of the molecule is CCn1c(SCC(=O)N[C@H](C)CCc2ccccc2)nc2cc(S(N)(=O)=O)ccc21. The molecule has 1 heterocycles. The minimum atomic E-state index is -3.79. The molecule has 0 aliphatic rings. The number of carbonyl (C=O) groups is 1. The van der Waals surface area contributed by atoms with Crippen LogP contribution in [-0.2, 0) is 27.8 Å². The molecule has 0 unspecified atom stereocenters. The van der Waals surface area contributed by atoms with Gasteiger partial charge in [-0.05, 0) is 50.5 Å². The molecule has 9 heteroatoms. The number of nitrogens with two attached hydrogens (primary N) is 1. The number of hydrogen-bond acceptors (Lipinski definition) is 5. The summed E-state index contributed by atoms with van der Waals surface area (Å²) in [7, 11) is -3.79. The number of nitrogens with zero attached hydrogens (tertiary/aromatic N) is 2. The molecule has 3 aromatic rings. The Hall–Kier alpha value is -2.36. The van der Waals surface area contributed by atoms with Gasteiger partial charge in [-0.25, -0.2) is 18.5 Å². The van der Waals surface area contributed by atoms with Crippen molar-refractivity contribution in [1.82, 2.24) is 14.9 Å².